The molecule has 2 aliphatic rings. The van der Waals surface area contributed by atoms with Crippen molar-refractivity contribution < 1.29 is 8.42 Å². The number of hydrogen-bond acceptors (Lipinski definition) is 3. The second-order valence-corrected chi connectivity index (χ2v) is 8.59. The number of fused-ring (bicyclic) bond motifs is 1. The zero-order valence-electron chi connectivity index (χ0n) is 13.7. The maximum absolute atomic E-state index is 13.2. The van der Waals surface area contributed by atoms with E-state index >= 15 is 0 Å². The molecule has 1 aromatic carbocycles. The Morgan fingerprint density at radius 3 is 2.67 bits per heavy atom. The first kappa shape index (κ1) is 15.8. The van der Waals surface area contributed by atoms with E-state index in [1.54, 1.807) is 22.8 Å². The van der Waals surface area contributed by atoms with Crippen molar-refractivity contribution in [2.24, 2.45) is 0 Å². The monoisotopic (exact) mass is 342 g/mol. The molecule has 5 heteroatoms. The smallest absolute Gasteiger partial charge is 0.243 e. The van der Waals surface area contributed by atoms with Crippen LogP contribution in [-0.4, -0.2) is 24.3 Å². The van der Waals surface area contributed by atoms with Crippen molar-refractivity contribution in [2.45, 2.75) is 49.5 Å². The molecule has 1 aromatic heterocycles. The largest absolute Gasteiger partial charge is 0.264 e. The van der Waals surface area contributed by atoms with Crippen LogP contribution in [-0.2, 0) is 22.9 Å². The number of sulfonamides is 1. The summed E-state index contributed by atoms with van der Waals surface area (Å²) in [6.07, 6.45) is 9.67. The molecule has 1 aliphatic carbocycles. The van der Waals surface area contributed by atoms with E-state index < -0.39 is 10.0 Å². The summed E-state index contributed by atoms with van der Waals surface area (Å²) in [5.74, 6) is 0. The number of rotatable bonds is 3. The Balaban J connectivity index is 1.69. The molecule has 0 radical (unpaired) electrons. The van der Waals surface area contributed by atoms with Crippen molar-refractivity contribution in [2.75, 3.05) is 6.54 Å². The fraction of sp³-hybridized carbons (Fsp3) is 0.421. The molecule has 126 valence electrons. The average Bonchev–Trinajstić information content (AvgIpc) is 3.13. The summed E-state index contributed by atoms with van der Waals surface area (Å²) in [5, 5.41) is 0. The van der Waals surface area contributed by atoms with Gasteiger partial charge in [0.1, 0.15) is 0 Å². The highest BCUT2D eigenvalue weighted by molar-refractivity contribution is 7.89. The van der Waals surface area contributed by atoms with Crippen LogP contribution < -0.4 is 0 Å². The molecular weight excluding hydrogens is 320 g/mol. The van der Waals surface area contributed by atoms with Crippen molar-refractivity contribution >= 4 is 10.0 Å². The van der Waals surface area contributed by atoms with E-state index in [1.807, 2.05) is 24.3 Å². The Morgan fingerprint density at radius 2 is 1.88 bits per heavy atom. The summed E-state index contributed by atoms with van der Waals surface area (Å²) in [6.45, 7) is 0.582. The average molecular weight is 342 g/mol. The highest BCUT2D eigenvalue weighted by Crippen LogP contribution is 2.37. The standard InChI is InChI=1S/C19H22N2O2S/c22-24(23,18-10-9-15-5-1-2-6-16(15)13-18)21-12-4-8-19(21)17-7-3-11-20-14-17/h3,7,9-11,13-14,19H,1-2,4-6,8,12H2/t19-/m1/s1. The van der Waals surface area contributed by atoms with E-state index in [0.717, 1.165) is 37.7 Å². The van der Waals surface area contributed by atoms with Crippen LogP contribution in [0.2, 0.25) is 0 Å². The van der Waals surface area contributed by atoms with Crippen LogP contribution >= 0.6 is 0 Å². The van der Waals surface area contributed by atoms with Crippen molar-refractivity contribution in [1.29, 1.82) is 0 Å². The molecule has 0 N–H and O–H groups in total. The van der Waals surface area contributed by atoms with Crippen LogP contribution in [0.4, 0.5) is 0 Å². The van der Waals surface area contributed by atoms with Gasteiger partial charge in [-0.05, 0) is 73.4 Å². The molecule has 0 amide bonds. The van der Waals surface area contributed by atoms with Crippen LogP contribution in [0.3, 0.4) is 0 Å². The second-order valence-electron chi connectivity index (χ2n) is 6.70. The molecular formula is C19H22N2O2S. The lowest BCUT2D eigenvalue weighted by Gasteiger charge is -2.25. The highest BCUT2D eigenvalue weighted by atomic mass is 32.2. The topological polar surface area (TPSA) is 50.3 Å². The Morgan fingerprint density at radius 1 is 1.04 bits per heavy atom. The van der Waals surface area contributed by atoms with Crippen LogP contribution in [0.25, 0.3) is 0 Å². The van der Waals surface area contributed by atoms with E-state index in [0.29, 0.717) is 11.4 Å². The molecule has 1 saturated heterocycles. The van der Waals surface area contributed by atoms with Crippen molar-refractivity contribution in [1.82, 2.24) is 9.29 Å². The summed E-state index contributed by atoms with van der Waals surface area (Å²) in [5.41, 5.74) is 3.50. The lowest BCUT2D eigenvalue weighted by atomic mass is 9.92. The Kier molecular flexibility index (Phi) is 4.14. The molecule has 0 saturated carbocycles. The van der Waals surface area contributed by atoms with E-state index in [-0.39, 0.29) is 6.04 Å². The molecule has 1 atom stereocenters. The third kappa shape index (κ3) is 2.76. The van der Waals surface area contributed by atoms with Crippen molar-refractivity contribution in [3.63, 3.8) is 0 Å². The maximum atomic E-state index is 13.2. The first-order valence-electron chi connectivity index (χ1n) is 8.70. The molecule has 0 bridgehead atoms. The molecule has 1 fully saturated rings. The highest BCUT2D eigenvalue weighted by Gasteiger charge is 2.36. The fourth-order valence-corrected chi connectivity index (χ4v) is 5.67. The van der Waals surface area contributed by atoms with Gasteiger partial charge in [0, 0.05) is 18.9 Å². The van der Waals surface area contributed by atoms with E-state index in [2.05, 4.69) is 4.98 Å². The summed E-state index contributed by atoms with van der Waals surface area (Å²) in [6, 6.07) is 9.45. The van der Waals surface area contributed by atoms with Crippen molar-refractivity contribution in [3.05, 3.63) is 59.4 Å². The molecule has 4 rings (SSSR count). The molecule has 4 nitrogen and oxygen atoms in total. The third-order valence-corrected chi connectivity index (χ3v) is 7.10. The van der Waals surface area contributed by atoms with Gasteiger partial charge in [-0.15, -0.1) is 0 Å². The minimum atomic E-state index is -3.46. The van der Waals surface area contributed by atoms with E-state index in [1.165, 1.54) is 17.5 Å². The van der Waals surface area contributed by atoms with E-state index in [4.69, 9.17) is 0 Å². The minimum absolute atomic E-state index is 0.0975. The lowest BCUT2D eigenvalue weighted by molar-refractivity contribution is 0.396. The zero-order valence-corrected chi connectivity index (χ0v) is 14.5. The van der Waals surface area contributed by atoms with Gasteiger partial charge in [0.15, 0.2) is 0 Å². The van der Waals surface area contributed by atoms with Gasteiger partial charge in [-0.25, -0.2) is 8.42 Å². The van der Waals surface area contributed by atoms with Crippen LogP contribution in [0.15, 0.2) is 47.6 Å². The van der Waals surface area contributed by atoms with Gasteiger partial charge in [-0.3, -0.25) is 4.98 Å². The minimum Gasteiger partial charge on any atom is -0.264 e. The van der Waals surface area contributed by atoms with Gasteiger partial charge in [0.2, 0.25) is 10.0 Å². The molecule has 0 unspecified atom stereocenters. The maximum Gasteiger partial charge on any atom is 0.243 e. The van der Waals surface area contributed by atoms with Gasteiger partial charge in [-0.1, -0.05) is 12.1 Å². The van der Waals surface area contributed by atoms with Crippen LogP contribution in [0.1, 0.15) is 48.4 Å². The fourth-order valence-electron chi connectivity index (χ4n) is 3.94. The summed E-state index contributed by atoms with van der Waals surface area (Å²) < 4.78 is 28.1. The molecule has 1 aliphatic heterocycles. The zero-order chi connectivity index (χ0) is 16.6. The molecule has 0 spiro atoms. The van der Waals surface area contributed by atoms with E-state index in [9.17, 15) is 8.42 Å². The van der Waals surface area contributed by atoms with Gasteiger partial charge in [0.05, 0.1) is 10.9 Å². The van der Waals surface area contributed by atoms with Gasteiger partial charge >= 0.3 is 0 Å². The van der Waals surface area contributed by atoms with Crippen LogP contribution in [0, 0.1) is 0 Å². The SMILES string of the molecule is O=S(=O)(c1ccc2c(c1)CCCC2)N1CCC[C@@H]1c1cccnc1. The normalized spacial score (nSPS) is 21.6. The van der Waals surface area contributed by atoms with Gasteiger partial charge in [-0.2, -0.15) is 4.31 Å². The van der Waals surface area contributed by atoms with Crippen molar-refractivity contribution in [3.8, 4) is 0 Å². The summed E-state index contributed by atoms with van der Waals surface area (Å²) in [4.78, 5) is 4.60. The second kappa shape index (κ2) is 6.30. The summed E-state index contributed by atoms with van der Waals surface area (Å²) >= 11 is 0. The van der Waals surface area contributed by atoms with Gasteiger partial charge < -0.3 is 0 Å². The number of aryl methyl sites for hydroxylation is 2. The van der Waals surface area contributed by atoms with Gasteiger partial charge in [0.25, 0.3) is 0 Å². The first-order valence-corrected chi connectivity index (χ1v) is 10.1. The number of aromatic nitrogens is 1. The number of hydrogen-bond donors (Lipinski definition) is 0. The molecule has 2 heterocycles. The first-order chi connectivity index (χ1) is 11.7. The molecule has 24 heavy (non-hydrogen) atoms. The molecule has 2 aromatic rings. The lowest BCUT2D eigenvalue weighted by Crippen LogP contribution is -2.31. The number of nitrogens with zero attached hydrogens (tertiary/aromatic N) is 2. The predicted molar refractivity (Wildman–Crippen MR) is 93.2 cm³/mol. The third-order valence-electron chi connectivity index (χ3n) is 5.20. The number of benzene rings is 1. The summed E-state index contributed by atoms with van der Waals surface area (Å²) in [7, 11) is -3.46. The number of pyridine rings is 1. The Labute approximate surface area is 143 Å². The quantitative estimate of drug-likeness (QED) is 0.858. The predicted octanol–water partition coefficient (Wildman–Crippen LogP) is 3.49. The Bertz CT molecular complexity index is 834. The Hall–Kier alpha value is -1.72. The van der Waals surface area contributed by atoms with Crippen LogP contribution in [0.5, 0.6) is 0 Å².